The van der Waals surface area contributed by atoms with Crippen LogP contribution in [0.1, 0.15) is 82.5 Å². The number of hydrogen-bond acceptors (Lipinski definition) is 5. The summed E-state index contributed by atoms with van der Waals surface area (Å²) in [6.07, 6.45) is 15.2. The molecule has 4 aromatic heterocycles. The van der Waals surface area contributed by atoms with Crippen LogP contribution in [0.25, 0.3) is 107 Å². The molecule has 0 saturated heterocycles. The lowest BCUT2D eigenvalue weighted by atomic mass is 10.0. The summed E-state index contributed by atoms with van der Waals surface area (Å²) < 4.78 is 0. The first-order chi connectivity index (χ1) is 33.6. The number of benzene rings is 4. The van der Waals surface area contributed by atoms with Gasteiger partial charge in [-0.2, -0.15) is 5.26 Å². The van der Waals surface area contributed by atoms with Gasteiger partial charge in [0.1, 0.15) is 11.6 Å². The molecule has 2 aliphatic rings. The standard InChI is InChI=1S/C61H51N5O2S/c1-5-6-7-8-9-45-34-55(69-56(45)35-46(36-62)61(67)68)40-22-24-44(25-23-40)60-53-32-30-51(65-53)58(42-18-12-38(3)13-19-42)49-28-26-47(63-49)57(41-16-10-37(2)11-17-41)48-27-29-50(64-48)59(52-31-33-54(60)66-52)43-20-14-39(4)15-21-43/h10-35,63,66H,5-9H2,1-4H3,(H,67,68)/b46-35-,57-47?,57-48?,58-49?,58-51?,59-50?,59-52?,60-53?,60-54?. The Morgan fingerprint density at radius 3 is 1.30 bits per heavy atom. The molecule has 0 fully saturated rings. The summed E-state index contributed by atoms with van der Waals surface area (Å²) in [5.41, 5.74) is 20.6. The van der Waals surface area contributed by atoms with Gasteiger partial charge in [-0.25, -0.2) is 14.8 Å². The van der Waals surface area contributed by atoms with E-state index in [4.69, 9.17) is 9.97 Å². The Morgan fingerprint density at radius 1 is 0.565 bits per heavy atom. The summed E-state index contributed by atoms with van der Waals surface area (Å²) in [5.74, 6) is -1.22. The third-order valence-corrected chi connectivity index (χ3v) is 14.2. The molecular formula is C61H51N5O2S. The minimum absolute atomic E-state index is 0.265. The molecule has 10 rings (SSSR count). The van der Waals surface area contributed by atoms with Crippen LogP contribution < -0.4 is 0 Å². The first-order valence-corrected chi connectivity index (χ1v) is 24.4. The normalized spacial score (nSPS) is 12.1. The number of nitrogens with zero attached hydrogens (tertiary/aromatic N) is 3. The summed E-state index contributed by atoms with van der Waals surface area (Å²) in [6, 6.07) is 47.1. The molecule has 0 atom stereocenters. The van der Waals surface area contributed by atoms with E-state index in [0.717, 1.165) is 142 Å². The van der Waals surface area contributed by atoms with Crippen molar-refractivity contribution in [3.63, 3.8) is 0 Å². The topological polar surface area (TPSA) is 118 Å². The largest absolute Gasteiger partial charge is 0.477 e. The molecule has 3 N–H and O–H groups in total. The van der Waals surface area contributed by atoms with Crippen LogP contribution in [-0.2, 0) is 11.2 Å². The van der Waals surface area contributed by atoms with Gasteiger partial charge in [0, 0.05) is 54.1 Å². The maximum Gasteiger partial charge on any atom is 0.346 e. The molecule has 4 aromatic carbocycles. The molecule has 69 heavy (non-hydrogen) atoms. The molecule has 8 bridgehead atoms. The second-order valence-electron chi connectivity index (χ2n) is 18.0. The number of aryl methyl sites for hydroxylation is 4. The van der Waals surface area contributed by atoms with Gasteiger partial charge < -0.3 is 15.1 Å². The van der Waals surface area contributed by atoms with E-state index in [-0.39, 0.29) is 5.57 Å². The highest BCUT2D eigenvalue weighted by atomic mass is 32.1. The van der Waals surface area contributed by atoms with E-state index < -0.39 is 5.97 Å². The summed E-state index contributed by atoms with van der Waals surface area (Å²) in [4.78, 5) is 32.4. The lowest BCUT2D eigenvalue weighted by Gasteiger charge is -2.08. The quantitative estimate of drug-likeness (QED) is 0.0641. The molecule has 0 radical (unpaired) electrons. The van der Waals surface area contributed by atoms with E-state index in [1.54, 1.807) is 0 Å². The predicted octanol–water partition coefficient (Wildman–Crippen LogP) is 16.1. The van der Waals surface area contributed by atoms with Crippen molar-refractivity contribution in [2.24, 2.45) is 0 Å². The zero-order valence-corrected chi connectivity index (χ0v) is 40.0. The molecule has 0 aliphatic carbocycles. The predicted molar refractivity (Wildman–Crippen MR) is 287 cm³/mol. The maximum atomic E-state index is 11.9. The number of fused-ring (bicyclic) bond motifs is 8. The van der Waals surface area contributed by atoms with Crippen molar-refractivity contribution in [2.45, 2.75) is 59.8 Å². The number of carboxylic acids is 1. The van der Waals surface area contributed by atoms with E-state index in [2.05, 4.69) is 189 Å². The summed E-state index contributed by atoms with van der Waals surface area (Å²) >= 11 is 1.52. The molecule has 8 aromatic rings. The Balaban J connectivity index is 1.22. The molecule has 0 saturated carbocycles. The van der Waals surface area contributed by atoms with Crippen molar-refractivity contribution in [2.75, 3.05) is 0 Å². The van der Waals surface area contributed by atoms with Crippen LogP contribution >= 0.6 is 11.3 Å². The lowest BCUT2D eigenvalue weighted by Crippen LogP contribution is -1.97. The summed E-state index contributed by atoms with van der Waals surface area (Å²) in [5, 5.41) is 19.4. The third kappa shape index (κ3) is 9.17. The van der Waals surface area contributed by atoms with E-state index in [1.807, 2.05) is 6.07 Å². The fraction of sp³-hybridized carbons (Fsp3) is 0.148. The zero-order chi connectivity index (χ0) is 47.6. The fourth-order valence-electron chi connectivity index (χ4n) is 9.30. The monoisotopic (exact) mass is 917 g/mol. The van der Waals surface area contributed by atoms with Crippen LogP contribution in [0.15, 0.2) is 133 Å². The molecule has 0 amide bonds. The number of nitriles is 1. The van der Waals surface area contributed by atoms with Gasteiger partial charge in [0.05, 0.1) is 22.8 Å². The third-order valence-electron chi connectivity index (χ3n) is 13.0. The van der Waals surface area contributed by atoms with Gasteiger partial charge >= 0.3 is 5.97 Å². The number of aliphatic carboxylic acids is 1. The number of carbonyl (C=O) groups is 1. The highest BCUT2D eigenvalue weighted by Gasteiger charge is 2.20. The van der Waals surface area contributed by atoms with Gasteiger partial charge in [-0.15, -0.1) is 11.3 Å². The Hall–Kier alpha value is -8.12. The van der Waals surface area contributed by atoms with Gasteiger partial charge in [0.25, 0.3) is 0 Å². The Morgan fingerprint density at radius 2 is 0.942 bits per heavy atom. The number of rotatable bonds is 12. The number of carboxylic acid groups (broad SMARTS) is 1. The van der Waals surface area contributed by atoms with Crippen molar-refractivity contribution in [1.29, 1.82) is 5.26 Å². The van der Waals surface area contributed by atoms with Crippen LogP contribution in [0.4, 0.5) is 0 Å². The number of hydrogen-bond donors (Lipinski definition) is 3. The number of aromatic amines is 2. The van der Waals surface area contributed by atoms with Gasteiger partial charge in [0.2, 0.25) is 0 Å². The first-order valence-electron chi connectivity index (χ1n) is 23.6. The van der Waals surface area contributed by atoms with Crippen LogP contribution in [0.2, 0.25) is 0 Å². The lowest BCUT2D eigenvalue weighted by molar-refractivity contribution is -0.132. The van der Waals surface area contributed by atoms with Crippen LogP contribution in [0, 0.1) is 32.1 Å². The van der Waals surface area contributed by atoms with Crippen molar-refractivity contribution < 1.29 is 9.90 Å². The number of aromatic nitrogens is 4. The van der Waals surface area contributed by atoms with Crippen LogP contribution in [-0.4, -0.2) is 31.0 Å². The highest BCUT2D eigenvalue weighted by molar-refractivity contribution is 7.16. The van der Waals surface area contributed by atoms with Crippen LogP contribution in [0.5, 0.6) is 0 Å². The average molecular weight is 918 g/mol. The van der Waals surface area contributed by atoms with E-state index >= 15 is 0 Å². The minimum Gasteiger partial charge on any atom is -0.477 e. The van der Waals surface area contributed by atoms with Gasteiger partial charge in [-0.1, -0.05) is 140 Å². The average Bonchev–Trinajstić information content (AvgIpc) is 4.23. The van der Waals surface area contributed by atoms with Gasteiger partial charge in [0.15, 0.2) is 0 Å². The number of H-pyrrole nitrogens is 2. The Kier molecular flexibility index (Phi) is 12.5. The maximum absolute atomic E-state index is 11.9. The van der Waals surface area contributed by atoms with Crippen LogP contribution in [0.3, 0.4) is 0 Å². The zero-order valence-electron chi connectivity index (χ0n) is 39.2. The molecule has 2 aliphatic heterocycles. The number of nitrogens with one attached hydrogen (secondary N) is 2. The first kappa shape index (κ1) is 44.7. The van der Waals surface area contributed by atoms with Gasteiger partial charge in [-0.3, -0.25) is 0 Å². The molecule has 8 heteroatoms. The van der Waals surface area contributed by atoms with Crippen molar-refractivity contribution >= 4 is 69.8 Å². The molecular weight excluding hydrogens is 867 g/mol. The second-order valence-corrected chi connectivity index (χ2v) is 19.0. The molecule has 6 heterocycles. The summed E-state index contributed by atoms with van der Waals surface area (Å²) in [6.45, 7) is 8.51. The van der Waals surface area contributed by atoms with Crippen molar-refractivity contribution in [1.82, 2.24) is 19.9 Å². The van der Waals surface area contributed by atoms with Crippen molar-refractivity contribution in [3.8, 4) is 61.0 Å². The van der Waals surface area contributed by atoms with E-state index in [1.165, 1.54) is 34.1 Å². The second kappa shape index (κ2) is 19.2. The Labute approximate surface area is 406 Å². The minimum atomic E-state index is -1.22. The van der Waals surface area contributed by atoms with Gasteiger partial charge in [-0.05, 0) is 128 Å². The van der Waals surface area contributed by atoms with E-state index in [0.29, 0.717) is 0 Å². The molecule has 7 nitrogen and oxygen atoms in total. The molecule has 0 spiro atoms. The van der Waals surface area contributed by atoms with Crippen molar-refractivity contribution in [3.05, 3.63) is 183 Å². The smallest absolute Gasteiger partial charge is 0.346 e. The number of unbranched alkanes of at least 4 members (excludes halogenated alkanes) is 3. The van der Waals surface area contributed by atoms with E-state index in [9.17, 15) is 15.2 Å². The highest BCUT2D eigenvalue weighted by Crippen LogP contribution is 2.40. The SMILES string of the molecule is CCCCCCc1cc(-c2ccc(-c3c4nc(c(-c5ccc(C)cc5)c5ccc([nH]5)c(-c5ccc(C)cc5)c5nc(c(-c6ccc(C)cc6)c6ccc3[nH]6)C=C5)C=C4)cc2)sc1/C=C(/C#N)C(=O)O. The molecule has 0 unspecified atom stereocenters. The summed E-state index contributed by atoms with van der Waals surface area (Å²) in [7, 11) is 0. The number of thiophene rings is 1. The Bertz CT molecular complexity index is 3530. The fourth-order valence-corrected chi connectivity index (χ4v) is 10.5. The molecule has 338 valence electrons.